The van der Waals surface area contributed by atoms with E-state index in [2.05, 4.69) is 0 Å². The summed E-state index contributed by atoms with van der Waals surface area (Å²) in [5.41, 5.74) is 1.32. The maximum Gasteiger partial charge on any atom is 0.239 e. The van der Waals surface area contributed by atoms with E-state index in [-0.39, 0.29) is 19.4 Å². The van der Waals surface area contributed by atoms with Crippen LogP contribution in [-0.2, 0) is 25.2 Å². The number of nitrogens with zero attached hydrogens (tertiary/aromatic N) is 1. The third-order valence-corrected chi connectivity index (χ3v) is 11.8. The molecule has 1 saturated carbocycles. The summed E-state index contributed by atoms with van der Waals surface area (Å²) in [4.78, 5) is 48.8. The molecule has 0 N–H and O–H groups in total. The minimum Gasteiger partial charge on any atom is -0.454 e. The lowest BCUT2D eigenvalue weighted by Gasteiger charge is -2.39. The molecule has 4 atom stereocenters. The molecule has 11 rings (SSSR count). The fourth-order valence-electron chi connectivity index (χ4n) is 9.87. The molecule has 53 heavy (non-hydrogen) atoms. The number of amides is 2. The predicted octanol–water partition coefficient (Wildman–Crippen LogP) is 7.49. The molecule has 2 amide bonds. The van der Waals surface area contributed by atoms with Gasteiger partial charge in [-0.3, -0.25) is 14.4 Å². The van der Waals surface area contributed by atoms with Crippen molar-refractivity contribution in [3.05, 3.63) is 162 Å². The highest BCUT2D eigenvalue weighted by Crippen LogP contribution is 2.75. The molecule has 0 radical (unpaired) electrons. The quantitative estimate of drug-likeness (QED) is 0.173. The fourth-order valence-corrected chi connectivity index (χ4v) is 9.87. The minimum atomic E-state index is -1.58. The standard InChI is InChI=1S/C45H29NO7/c47-41-39-40(42(48)46(41)32-17-9-11-26-10-7-8-16-31(26)32)45(30-14-5-2-6-15-30)38(28-19-21-34-36(23-28)53-25-51-34)37(27-18-20-33-35(22-27)52-24-50-33)44(39,43(45)49)29-12-3-1-4-13-29/h1-23,39-40H,24-25H2/t39-,40-,44-,45-/m0/s1. The number of ketones is 1. The number of carbonyl (C=O) groups excluding carboxylic acids is 3. The Hall–Kier alpha value is -6.67. The lowest BCUT2D eigenvalue weighted by Crippen LogP contribution is -2.45. The van der Waals surface area contributed by atoms with Gasteiger partial charge in [0.2, 0.25) is 25.4 Å². The molecule has 0 aromatic heterocycles. The Morgan fingerprint density at radius 2 is 0.962 bits per heavy atom. The van der Waals surface area contributed by atoms with Crippen LogP contribution in [0.4, 0.5) is 5.69 Å². The predicted molar refractivity (Wildman–Crippen MR) is 197 cm³/mol. The average molecular weight is 696 g/mol. The number of Topliss-reactive ketones (excluding diaryl/α,β-unsaturated/α-hetero) is 1. The molecule has 3 aliphatic heterocycles. The maximum absolute atomic E-state index is 16.3. The van der Waals surface area contributed by atoms with Gasteiger partial charge in [-0.2, -0.15) is 0 Å². The summed E-state index contributed by atoms with van der Waals surface area (Å²) in [5.74, 6) is -0.908. The van der Waals surface area contributed by atoms with E-state index in [4.69, 9.17) is 18.9 Å². The first-order valence-corrected chi connectivity index (χ1v) is 17.6. The Bertz CT molecular complexity index is 2470. The van der Waals surface area contributed by atoms with Gasteiger partial charge in [0.05, 0.1) is 28.4 Å². The SMILES string of the molecule is O=C1[C@@H]2[C@@H](C(=O)N1c1cccc3ccccc13)[C@@]1(c3ccccc3)C(=O)[C@@]2(c2ccccc2)C(c2ccc3c(c2)OCO3)=C1c1ccc2c(c1)OCO2. The Morgan fingerprint density at radius 3 is 1.51 bits per heavy atom. The second-order valence-corrected chi connectivity index (χ2v) is 14.0. The van der Waals surface area contributed by atoms with Crippen molar-refractivity contribution in [1.82, 2.24) is 0 Å². The van der Waals surface area contributed by atoms with Crippen LogP contribution >= 0.6 is 0 Å². The van der Waals surface area contributed by atoms with E-state index in [0.29, 0.717) is 62.1 Å². The highest BCUT2D eigenvalue weighted by Gasteiger charge is 2.83. The molecule has 256 valence electrons. The summed E-state index contributed by atoms with van der Waals surface area (Å²) in [7, 11) is 0. The Kier molecular flexibility index (Phi) is 6.05. The van der Waals surface area contributed by atoms with E-state index in [9.17, 15) is 0 Å². The highest BCUT2D eigenvalue weighted by molar-refractivity contribution is 6.39. The molecule has 0 unspecified atom stereocenters. The minimum absolute atomic E-state index is 0.0707. The van der Waals surface area contributed by atoms with Crippen LogP contribution in [0.25, 0.3) is 21.9 Å². The molecule has 8 nitrogen and oxygen atoms in total. The summed E-state index contributed by atoms with van der Waals surface area (Å²) < 4.78 is 23.2. The first-order valence-electron chi connectivity index (χ1n) is 17.6. The first-order chi connectivity index (χ1) is 26.0. The molecule has 8 heteroatoms. The largest absolute Gasteiger partial charge is 0.454 e. The van der Waals surface area contributed by atoms with Crippen molar-refractivity contribution in [1.29, 1.82) is 0 Å². The summed E-state index contributed by atoms with van der Waals surface area (Å²) in [6.07, 6.45) is 0. The van der Waals surface area contributed by atoms with E-state index < -0.39 is 34.5 Å². The average Bonchev–Trinajstić information content (AvgIpc) is 4.01. The zero-order valence-electron chi connectivity index (χ0n) is 28.2. The molecule has 3 heterocycles. The van der Waals surface area contributed by atoms with Gasteiger partial charge in [0.25, 0.3) is 0 Å². The van der Waals surface area contributed by atoms with Crippen molar-refractivity contribution >= 4 is 45.2 Å². The number of hydrogen-bond acceptors (Lipinski definition) is 7. The van der Waals surface area contributed by atoms with Crippen LogP contribution < -0.4 is 23.8 Å². The number of benzene rings is 6. The fraction of sp³-hybridized carbons (Fsp3) is 0.133. The second kappa shape index (κ2) is 10.7. The van der Waals surface area contributed by atoms with Gasteiger partial charge in [-0.15, -0.1) is 0 Å². The Labute approximate surface area is 303 Å². The zero-order valence-corrected chi connectivity index (χ0v) is 28.2. The molecule has 5 aliphatic rings. The van der Waals surface area contributed by atoms with Crippen LogP contribution in [0.1, 0.15) is 22.3 Å². The number of rotatable bonds is 5. The van der Waals surface area contributed by atoms with Crippen LogP contribution in [0.15, 0.2) is 140 Å². The molecule has 6 aromatic carbocycles. The van der Waals surface area contributed by atoms with Gasteiger partial charge in [-0.25, -0.2) is 4.90 Å². The number of hydrogen-bond donors (Lipinski definition) is 0. The van der Waals surface area contributed by atoms with E-state index in [1.54, 1.807) is 0 Å². The Morgan fingerprint density at radius 1 is 0.491 bits per heavy atom. The van der Waals surface area contributed by atoms with Crippen molar-refractivity contribution in [3.63, 3.8) is 0 Å². The zero-order chi connectivity index (χ0) is 35.5. The molecular weight excluding hydrogens is 666 g/mol. The highest BCUT2D eigenvalue weighted by atomic mass is 16.7. The van der Waals surface area contributed by atoms with Gasteiger partial charge in [0, 0.05) is 5.39 Å². The normalized spacial score (nSPS) is 24.8. The topological polar surface area (TPSA) is 91.4 Å². The molecule has 2 bridgehead atoms. The molecule has 2 fully saturated rings. The number of anilines is 1. The van der Waals surface area contributed by atoms with Crippen molar-refractivity contribution in [2.45, 2.75) is 10.8 Å². The van der Waals surface area contributed by atoms with E-state index in [1.807, 2.05) is 140 Å². The number of ether oxygens (including phenoxy) is 4. The number of carbonyl (C=O) groups is 3. The molecule has 0 spiro atoms. The van der Waals surface area contributed by atoms with Crippen molar-refractivity contribution in [2.75, 3.05) is 18.5 Å². The first kappa shape index (κ1) is 30.0. The van der Waals surface area contributed by atoms with Gasteiger partial charge in [0.1, 0.15) is 0 Å². The van der Waals surface area contributed by atoms with E-state index in [1.165, 1.54) is 4.90 Å². The van der Waals surface area contributed by atoms with Gasteiger partial charge < -0.3 is 18.9 Å². The summed E-state index contributed by atoms with van der Waals surface area (Å²) in [6, 6.07) is 43.6. The van der Waals surface area contributed by atoms with Crippen LogP contribution in [0.5, 0.6) is 23.0 Å². The second-order valence-electron chi connectivity index (χ2n) is 14.0. The lowest BCUT2D eigenvalue weighted by atomic mass is 9.59. The number of allylic oxidation sites excluding steroid dienone is 2. The van der Waals surface area contributed by atoms with Crippen LogP contribution in [0.2, 0.25) is 0 Å². The van der Waals surface area contributed by atoms with Crippen LogP contribution in [0, 0.1) is 11.8 Å². The van der Waals surface area contributed by atoms with Crippen molar-refractivity contribution < 1.29 is 33.3 Å². The van der Waals surface area contributed by atoms with Crippen LogP contribution in [-0.4, -0.2) is 31.2 Å². The van der Waals surface area contributed by atoms with Gasteiger partial charge in [-0.05, 0) is 69.1 Å². The Balaban J connectivity index is 1.29. The monoisotopic (exact) mass is 695 g/mol. The number of fused-ring (bicyclic) bond motifs is 8. The number of imide groups is 1. The smallest absolute Gasteiger partial charge is 0.239 e. The molecular formula is C45H29NO7. The van der Waals surface area contributed by atoms with Gasteiger partial charge in [0.15, 0.2) is 28.8 Å². The lowest BCUT2D eigenvalue weighted by molar-refractivity contribution is -0.130. The third-order valence-electron chi connectivity index (χ3n) is 11.8. The maximum atomic E-state index is 16.3. The van der Waals surface area contributed by atoms with Gasteiger partial charge >= 0.3 is 0 Å². The van der Waals surface area contributed by atoms with E-state index >= 15 is 14.4 Å². The molecule has 2 aliphatic carbocycles. The molecule has 1 saturated heterocycles. The third kappa shape index (κ3) is 3.67. The molecule has 6 aromatic rings. The van der Waals surface area contributed by atoms with Crippen molar-refractivity contribution in [2.24, 2.45) is 11.8 Å². The van der Waals surface area contributed by atoms with Crippen LogP contribution in [0.3, 0.4) is 0 Å². The summed E-state index contributed by atoms with van der Waals surface area (Å²) >= 11 is 0. The van der Waals surface area contributed by atoms with E-state index in [0.717, 1.165) is 10.8 Å². The van der Waals surface area contributed by atoms with Crippen molar-refractivity contribution in [3.8, 4) is 23.0 Å². The van der Waals surface area contributed by atoms with Gasteiger partial charge in [-0.1, -0.05) is 109 Å². The summed E-state index contributed by atoms with van der Waals surface area (Å²) in [6.45, 7) is 0.141. The summed E-state index contributed by atoms with van der Waals surface area (Å²) in [5, 5.41) is 1.68.